The molecule has 1 heteroatoms. The lowest BCUT2D eigenvalue weighted by molar-refractivity contribution is -0.147. The van der Waals surface area contributed by atoms with E-state index in [1.807, 2.05) is 0 Å². The molecular formula is C15H26O. The highest BCUT2D eigenvalue weighted by atomic mass is 16.3. The van der Waals surface area contributed by atoms with E-state index in [4.69, 9.17) is 0 Å². The fraction of sp³-hybridized carbons (Fsp3) is 0.867. The molecule has 0 saturated heterocycles. The molecule has 0 amide bonds. The van der Waals surface area contributed by atoms with E-state index in [2.05, 4.69) is 27.4 Å². The van der Waals surface area contributed by atoms with Gasteiger partial charge in [0, 0.05) is 0 Å². The summed E-state index contributed by atoms with van der Waals surface area (Å²) in [6.45, 7) is 10.6. The van der Waals surface area contributed by atoms with Gasteiger partial charge in [-0.15, -0.1) is 0 Å². The van der Waals surface area contributed by atoms with Gasteiger partial charge in [-0.2, -0.15) is 0 Å². The summed E-state index contributed by atoms with van der Waals surface area (Å²) in [5.74, 6) is 1.36. The number of fused-ring (bicyclic) bond motifs is 1. The monoisotopic (exact) mass is 222 g/mol. The zero-order chi connectivity index (χ0) is 12.0. The van der Waals surface area contributed by atoms with Gasteiger partial charge in [0.15, 0.2) is 0 Å². The van der Waals surface area contributed by atoms with Crippen LogP contribution < -0.4 is 0 Å². The first kappa shape index (κ1) is 12.2. The Balaban J connectivity index is 2.24. The third kappa shape index (κ3) is 1.73. The molecule has 1 nitrogen and oxygen atoms in total. The third-order valence-electron chi connectivity index (χ3n) is 5.58. The molecule has 0 aromatic carbocycles. The highest BCUT2D eigenvalue weighted by molar-refractivity contribution is 5.09. The SMILES string of the molecule is C=C(C)C1CCC2CCCC(C)(O)C2(C)C1. The lowest BCUT2D eigenvalue weighted by atomic mass is 9.51. The molecule has 0 aliphatic heterocycles. The molecule has 0 aromatic heterocycles. The predicted molar refractivity (Wildman–Crippen MR) is 68.2 cm³/mol. The van der Waals surface area contributed by atoms with Gasteiger partial charge in [0.1, 0.15) is 0 Å². The van der Waals surface area contributed by atoms with Gasteiger partial charge in [-0.25, -0.2) is 0 Å². The number of rotatable bonds is 1. The van der Waals surface area contributed by atoms with Crippen LogP contribution in [-0.2, 0) is 0 Å². The number of allylic oxidation sites excluding steroid dienone is 1. The van der Waals surface area contributed by atoms with Gasteiger partial charge in [0.05, 0.1) is 5.60 Å². The summed E-state index contributed by atoms with van der Waals surface area (Å²) < 4.78 is 0. The van der Waals surface area contributed by atoms with Crippen molar-refractivity contribution in [3.05, 3.63) is 12.2 Å². The zero-order valence-corrected chi connectivity index (χ0v) is 11.1. The summed E-state index contributed by atoms with van der Waals surface area (Å²) in [6.07, 6.45) is 7.19. The lowest BCUT2D eigenvalue weighted by Crippen LogP contribution is -2.54. The van der Waals surface area contributed by atoms with E-state index < -0.39 is 5.60 Å². The first-order chi connectivity index (χ1) is 7.37. The van der Waals surface area contributed by atoms with Crippen molar-refractivity contribution in [3.63, 3.8) is 0 Å². The largest absolute Gasteiger partial charge is 0.390 e. The molecule has 2 saturated carbocycles. The Bertz CT molecular complexity index is 292. The fourth-order valence-corrected chi connectivity index (χ4v) is 4.02. The van der Waals surface area contributed by atoms with Crippen LogP contribution in [0, 0.1) is 17.3 Å². The highest BCUT2D eigenvalue weighted by Crippen LogP contribution is 2.57. The minimum absolute atomic E-state index is 0.118. The van der Waals surface area contributed by atoms with E-state index in [1.165, 1.54) is 31.3 Å². The normalized spacial score (nSPS) is 48.5. The summed E-state index contributed by atoms with van der Waals surface area (Å²) >= 11 is 0. The summed E-state index contributed by atoms with van der Waals surface area (Å²) in [7, 11) is 0. The predicted octanol–water partition coefficient (Wildman–Crippen LogP) is 3.92. The molecule has 0 bridgehead atoms. The van der Waals surface area contributed by atoms with Gasteiger partial charge in [0.25, 0.3) is 0 Å². The number of hydrogen-bond donors (Lipinski definition) is 1. The Kier molecular flexibility index (Phi) is 2.94. The Morgan fingerprint density at radius 3 is 2.56 bits per heavy atom. The van der Waals surface area contributed by atoms with E-state index in [9.17, 15) is 5.11 Å². The molecule has 2 rings (SSSR count). The maximum absolute atomic E-state index is 10.7. The van der Waals surface area contributed by atoms with E-state index in [1.54, 1.807) is 0 Å². The summed E-state index contributed by atoms with van der Waals surface area (Å²) in [4.78, 5) is 0. The van der Waals surface area contributed by atoms with Crippen LogP contribution in [0.4, 0.5) is 0 Å². The molecule has 0 radical (unpaired) electrons. The van der Waals surface area contributed by atoms with Crippen LogP contribution in [0.1, 0.15) is 59.3 Å². The van der Waals surface area contributed by atoms with Crippen LogP contribution in [0.2, 0.25) is 0 Å². The van der Waals surface area contributed by atoms with Crippen molar-refractivity contribution in [3.8, 4) is 0 Å². The second-order valence-electron chi connectivity index (χ2n) is 6.61. The molecule has 0 heterocycles. The van der Waals surface area contributed by atoms with Crippen molar-refractivity contribution in [1.82, 2.24) is 0 Å². The van der Waals surface area contributed by atoms with Gasteiger partial charge in [-0.05, 0) is 63.2 Å². The van der Waals surface area contributed by atoms with Crippen molar-refractivity contribution in [1.29, 1.82) is 0 Å². The minimum atomic E-state index is -0.468. The van der Waals surface area contributed by atoms with Crippen LogP contribution in [0.5, 0.6) is 0 Å². The molecule has 1 N–H and O–H groups in total. The maximum atomic E-state index is 10.7. The van der Waals surface area contributed by atoms with Gasteiger partial charge >= 0.3 is 0 Å². The molecule has 0 spiro atoms. The second-order valence-corrected chi connectivity index (χ2v) is 6.61. The first-order valence-electron chi connectivity index (χ1n) is 6.74. The van der Waals surface area contributed by atoms with Crippen LogP contribution in [0.15, 0.2) is 12.2 Å². The van der Waals surface area contributed by atoms with Crippen LogP contribution in [0.25, 0.3) is 0 Å². The average molecular weight is 222 g/mol. The standard InChI is InChI=1S/C15H26O/c1-11(2)12-7-8-13-6-5-9-15(4,16)14(13,3)10-12/h12-13,16H,1,5-10H2,2-4H3. The third-order valence-corrected chi connectivity index (χ3v) is 5.58. The Hall–Kier alpha value is -0.300. The molecule has 2 aliphatic carbocycles. The quantitative estimate of drug-likeness (QED) is 0.667. The molecule has 0 aromatic rings. The molecule has 92 valence electrons. The van der Waals surface area contributed by atoms with Crippen molar-refractivity contribution in [2.45, 2.75) is 64.9 Å². The fourth-order valence-electron chi connectivity index (χ4n) is 4.02. The average Bonchev–Trinajstić information content (AvgIpc) is 2.18. The molecular weight excluding hydrogens is 196 g/mol. The molecule has 4 unspecified atom stereocenters. The van der Waals surface area contributed by atoms with Crippen LogP contribution in [-0.4, -0.2) is 10.7 Å². The van der Waals surface area contributed by atoms with E-state index in [0.717, 1.165) is 18.8 Å². The summed E-state index contributed by atoms with van der Waals surface area (Å²) in [6, 6.07) is 0. The highest BCUT2D eigenvalue weighted by Gasteiger charge is 2.53. The lowest BCUT2D eigenvalue weighted by Gasteiger charge is -2.56. The topological polar surface area (TPSA) is 20.2 Å². The first-order valence-corrected chi connectivity index (χ1v) is 6.74. The molecule has 2 fully saturated rings. The smallest absolute Gasteiger partial charge is 0.0675 e. The van der Waals surface area contributed by atoms with Crippen molar-refractivity contribution in [2.75, 3.05) is 0 Å². The summed E-state index contributed by atoms with van der Waals surface area (Å²) in [5.41, 5.74) is 0.956. The Morgan fingerprint density at radius 2 is 1.94 bits per heavy atom. The molecule has 4 atom stereocenters. The van der Waals surface area contributed by atoms with Crippen molar-refractivity contribution in [2.24, 2.45) is 17.3 Å². The molecule has 2 aliphatic rings. The maximum Gasteiger partial charge on any atom is 0.0675 e. The van der Waals surface area contributed by atoms with Gasteiger partial charge < -0.3 is 5.11 Å². The minimum Gasteiger partial charge on any atom is -0.390 e. The van der Waals surface area contributed by atoms with E-state index >= 15 is 0 Å². The Morgan fingerprint density at radius 1 is 1.25 bits per heavy atom. The van der Waals surface area contributed by atoms with Gasteiger partial charge in [-0.1, -0.05) is 25.5 Å². The van der Waals surface area contributed by atoms with Gasteiger partial charge in [0.2, 0.25) is 0 Å². The van der Waals surface area contributed by atoms with Crippen molar-refractivity contribution >= 4 is 0 Å². The molecule has 16 heavy (non-hydrogen) atoms. The number of aliphatic hydroxyl groups is 1. The zero-order valence-electron chi connectivity index (χ0n) is 11.1. The Labute approximate surface area is 99.9 Å². The summed E-state index contributed by atoms with van der Waals surface area (Å²) in [5, 5.41) is 10.7. The van der Waals surface area contributed by atoms with E-state index in [-0.39, 0.29) is 5.41 Å². The van der Waals surface area contributed by atoms with Crippen LogP contribution >= 0.6 is 0 Å². The second kappa shape index (κ2) is 3.87. The number of hydrogen-bond acceptors (Lipinski definition) is 1. The van der Waals surface area contributed by atoms with Crippen LogP contribution in [0.3, 0.4) is 0 Å². The van der Waals surface area contributed by atoms with Crippen molar-refractivity contribution < 1.29 is 5.11 Å². The van der Waals surface area contributed by atoms with Gasteiger partial charge in [-0.3, -0.25) is 0 Å². The van der Waals surface area contributed by atoms with E-state index in [0.29, 0.717) is 5.92 Å².